The van der Waals surface area contributed by atoms with Gasteiger partial charge in [-0.25, -0.2) is 4.98 Å². The number of benzene rings is 2. The lowest BCUT2D eigenvalue weighted by Crippen LogP contribution is -2.34. The molecule has 0 aliphatic heterocycles. The summed E-state index contributed by atoms with van der Waals surface area (Å²) in [6.45, 7) is 7.66. The number of hydrogen-bond acceptors (Lipinski definition) is 4. The number of carbonyl (C=O) groups is 1. The van der Waals surface area contributed by atoms with Crippen LogP contribution in [0.2, 0.25) is 5.02 Å². The molecule has 3 aromatic rings. The molecule has 0 atom stereocenters. The van der Waals surface area contributed by atoms with Gasteiger partial charge in [-0.3, -0.25) is 9.69 Å². The van der Waals surface area contributed by atoms with Gasteiger partial charge < -0.3 is 4.90 Å². The molecule has 7 heteroatoms. The van der Waals surface area contributed by atoms with Crippen LogP contribution in [0.5, 0.6) is 0 Å². The molecule has 0 unspecified atom stereocenters. The predicted octanol–water partition coefficient (Wildman–Crippen LogP) is 5.82. The lowest BCUT2D eigenvalue weighted by molar-refractivity contribution is -0.118. The summed E-state index contributed by atoms with van der Waals surface area (Å²) < 4.78 is 1.05. The maximum absolute atomic E-state index is 13.3. The van der Waals surface area contributed by atoms with Crippen molar-refractivity contribution in [1.29, 1.82) is 0 Å². The minimum Gasteiger partial charge on any atom is -0.309 e. The summed E-state index contributed by atoms with van der Waals surface area (Å²) in [5.74, 6) is 0.0836. The predicted molar refractivity (Wildman–Crippen MR) is 132 cm³/mol. The maximum atomic E-state index is 13.3. The van der Waals surface area contributed by atoms with Gasteiger partial charge in [0.05, 0.1) is 16.6 Å². The van der Waals surface area contributed by atoms with Crippen molar-refractivity contribution >= 4 is 56.6 Å². The summed E-state index contributed by atoms with van der Waals surface area (Å²) in [7, 11) is 4.09. The van der Waals surface area contributed by atoms with Gasteiger partial charge in [0.25, 0.3) is 0 Å². The monoisotopic (exact) mass is 465 g/mol. The van der Waals surface area contributed by atoms with Gasteiger partial charge in [0, 0.05) is 11.6 Å². The highest BCUT2D eigenvalue weighted by Gasteiger charge is 2.21. The molecular formula is C23H29Cl2N3OS. The summed E-state index contributed by atoms with van der Waals surface area (Å²) in [5, 5.41) is 1.45. The summed E-state index contributed by atoms with van der Waals surface area (Å²) in [6, 6.07) is 10.2. The van der Waals surface area contributed by atoms with Crippen molar-refractivity contribution in [2.45, 2.75) is 33.6 Å². The lowest BCUT2D eigenvalue weighted by atomic mass is 10.0. The van der Waals surface area contributed by atoms with Crippen LogP contribution in [0.3, 0.4) is 0 Å². The van der Waals surface area contributed by atoms with E-state index in [2.05, 4.69) is 36.9 Å². The zero-order chi connectivity index (χ0) is 21.1. The minimum absolute atomic E-state index is 0. The second-order valence-corrected chi connectivity index (χ2v) is 9.24. The van der Waals surface area contributed by atoms with Crippen LogP contribution in [-0.4, -0.2) is 43.0 Å². The first-order valence-corrected chi connectivity index (χ1v) is 11.0. The smallest absolute Gasteiger partial charge is 0.233 e. The Kier molecular flexibility index (Phi) is 8.68. The normalized spacial score (nSPS) is 11.0. The Morgan fingerprint density at radius 1 is 1.10 bits per heavy atom. The van der Waals surface area contributed by atoms with E-state index in [1.165, 1.54) is 5.56 Å². The van der Waals surface area contributed by atoms with Crippen LogP contribution in [0.4, 0.5) is 5.13 Å². The third kappa shape index (κ3) is 5.73. The third-order valence-electron chi connectivity index (χ3n) is 5.10. The van der Waals surface area contributed by atoms with Crippen molar-refractivity contribution < 1.29 is 4.79 Å². The number of anilines is 1. The number of amides is 1. The van der Waals surface area contributed by atoms with Crippen molar-refractivity contribution in [1.82, 2.24) is 9.88 Å². The van der Waals surface area contributed by atoms with E-state index >= 15 is 0 Å². The fourth-order valence-corrected chi connectivity index (χ4v) is 4.55. The Bertz CT molecular complexity index is 1030. The Hall–Kier alpha value is -1.66. The zero-order valence-electron chi connectivity index (χ0n) is 18.2. The molecule has 0 spiro atoms. The van der Waals surface area contributed by atoms with E-state index in [1.54, 1.807) is 11.3 Å². The number of hydrogen-bond donors (Lipinski definition) is 0. The largest absolute Gasteiger partial charge is 0.309 e. The molecule has 0 saturated carbocycles. The van der Waals surface area contributed by atoms with Crippen molar-refractivity contribution in [3.05, 3.63) is 57.6 Å². The summed E-state index contributed by atoms with van der Waals surface area (Å²) in [4.78, 5) is 22.1. The molecule has 4 nitrogen and oxygen atoms in total. The average molecular weight is 466 g/mol. The molecule has 0 bridgehead atoms. The van der Waals surface area contributed by atoms with Crippen molar-refractivity contribution in [2.75, 3.05) is 32.1 Å². The van der Waals surface area contributed by atoms with Crippen LogP contribution in [0.1, 0.15) is 28.7 Å². The van der Waals surface area contributed by atoms with Crippen LogP contribution in [-0.2, 0) is 11.2 Å². The van der Waals surface area contributed by atoms with Gasteiger partial charge in [-0.05, 0) is 76.7 Å². The van der Waals surface area contributed by atoms with Gasteiger partial charge in [-0.15, -0.1) is 12.4 Å². The SMILES string of the molecule is Cc1ccc(C)c(CC(=O)N(CCCN(C)C)c2nc3c(C)c(Cl)ccc3s2)c1.Cl. The molecule has 0 aliphatic carbocycles. The molecule has 2 aromatic carbocycles. The number of nitrogens with zero attached hydrogens (tertiary/aromatic N) is 3. The Morgan fingerprint density at radius 2 is 1.83 bits per heavy atom. The highest BCUT2D eigenvalue weighted by molar-refractivity contribution is 7.22. The third-order valence-corrected chi connectivity index (χ3v) is 6.55. The van der Waals surface area contributed by atoms with Gasteiger partial charge in [0.15, 0.2) is 5.13 Å². The van der Waals surface area contributed by atoms with Gasteiger partial charge >= 0.3 is 0 Å². The van der Waals surface area contributed by atoms with Gasteiger partial charge in [0.2, 0.25) is 5.91 Å². The van der Waals surface area contributed by atoms with E-state index in [0.717, 1.165) is 45.0 Å². The highest BCUT2D eigenvalue weighted by Crippen LogP contribution is 2.34. The van der Waals surface area contributed by atoms with E-state index in [0.29, 0.717) is 18.0 Å². The minimum atomic E-state index is 0. The van der Waals surface area contributed by atoms with Crippen LogP contribution in [0, 0.1) is 20.8 Å². The van der Waals surface area contributed by atoms with Crippen molar-refractivity contribution in [2.24, 2.45) is 0 Å². The Balaban J connectivity index is 0.00000320. The number of aryl methyl sites for hydroxylation is 3. The number of rotatable bonds is 7. The standard InChI is InChI=1S/C23H28ClN3OS.ClH/c1-15-7-8-16(2)18(13-15)14-21(28)27(12-6-11-26(4)5)23-25-22-17(3)19(24)9-10-20(22)29-23;/h7-10,13H,6,11-12,14H2,1-5H3;1H. The maximum Gasteiger partial charge on any atom is 0.233 e. The van der Waals surface area contributed by atoms with Crippen molar-refractivity contribution in [3.63, 3.8) is 0 Å². The van der Waals surface area contributed by atoms with Crippen LogP contribution in [0.25, 0.3) is 10.2 Å². The highest BCUT2D eigenvalue weighted by atomic mass is 35.5. The second kappa shape index (κ2) is 10.6. The molecule has 0 saturated heterocycles. The zero-order valence-corrected chi connectivity index (χ0v) is 20.5. The van der Waals surface area contributed by atoms with Crippen LogP contribution >= 0.6 is 35.3 Å². The van der Waals surface area contributed by atoms with E-state index < -0.39 is 0 Å². The molecule has 0 fully saturated rings. The Labute approximate surface area is 194 Å². The van der Waals surface area contributed by atoms with E-state index in [1.807, 2.05) is 38.1 Å². The average Bonchev–Trinajstić information content (AvgIpc) is 3.09. The molecular weight excluding hydrogens is 437 g/mol. The fourth-order valence-electron chi connectivity index (χ4n) is 3.33. The van der Waals surface area contributed by atoms with E-state index in [4.69, 9.17) is 16.6 Å². The summed E-state index contributed by atoms with van der Waals surface area (Å²) >= 11 is 7.83. The molecule has 0 radical (unpaired) electrons. The first kappa shape index (κ1) is 24.6. The lowest BCUT2D eigenvalue weighted by Gasteiger charge is -2.21. The number of aromatic nitrogens is 1. The van der Waals surface area contributed by atoms with Gasteiger partial charge in [0.1, 0.15) is 0 Å². The molecule has 0 aliphatic rings. The molecule has 3 rings (SSSR count). The number of halogens is 2. The summed E-state index contributed by atoms with van der Waals surface area (Å²) in [5.41, 5.74) is 5.23. The number of carbonyl (C=O) groups excluding carboxylic acids is 1. The molecule has 162 valence electrons. The molecule has 1 aromatic heterocycles. The molecule has 1 heterocycles. The Morgan fingerprint density at radius 3 is 2.53 bits per heavy atom. The first-order chi connectivity index (χ1) is 13.8. The number of thiazole rings is 1. The van der Waals surface area contributed by atoms with Gasteiger partial charge in [-0.1, -0.05) is 46.7 Å². The van der Waals surface area contributed by atoms with Crippen LogP contribution in [0.15, 0.2) is 30.3 Å². The molecule has 30 heavy (non-hydrogen) atoms. The summed E-state index contributed by atoms with van der Waals surface area (Å²) in [6.07, 6.45) is 1.27. The van der Waals surface area contributed by atoms with Gasteiger partial charge in [-0.2, -0.15) is 0 Å². The second-order valence-electron chi connectivity index (χ2n) is 7.82. The van der Waals surface area contributed by atoms with Crippen molar-refractivity contribution in [3.8, 4) is 0 Å². The fraction of sp³-hybridized carbons (Fsp3) is 0.391. The quantitative estimate of drug-likeness (QED) is 0.440. The molecule has 1 amide bonds. The van der Waals surface area contributed by atoms with E-state index in [9.17, 15) is 4.79 Å². The van der Waals surface area contributed by atoms with Crippen LogP contribution < -0.4 is 4.90 Å². The first-order valence-electron chi connectivity index (χ1n) is 9.83. The topological polar surface area (TPSA) is 36.4 Å². The number of fused-ring (bicyclic) bond motifs is 1. The van der Waals surface area contributed by atoms with E-state index in [-0.39, 0.29) is 18.3 Å². The molecule has 0 N–H and O–H groups in total.